The Morgan fingerprint density at radius 3 is 2.71 bits per heavy atom. The predicted molar refractivity (Wildman–Crippen MR) is 65.7 cm³/mol. The summed E-state index contributed by atoms with van der Waals surface area (Å²) in [7, 11) is 3.45. The molecule has 5 nitrogen and oxygen atoms in total. The third-order valence-corrected chi connectivity index (χ3v) is 4.05. The molecule has 0 aliphatic carbocycles. The average Bonchev–Trinajstić information content (AvgIpc) is 2.69. The van der Waals surface area contributed by atoms with E-state index in [1.165, 1.54) is 0 Å². The van der Waals surface area contributed by atoms with E-state index in [0.29, 0.717) is 26.1 Å². The number of aryl methyl sites for hydroxylation is 1. The second-order valence-electron chi connectivity index (χ2n) is 4.29. The van der Waals surface area contributed by atoms with Crippen molar-refractivity contribution < 1.29 is 14.6 Å². The van der Waals surface area contributed by atoms with Crippen molar-refractivity contribution in [3.8, 4) is 0 Å². The van der Waals surface area contributed by atoms with Crippen LogP contribution < -0.4 is 0 Å². The summed E-state index contributed by atoms with van der Waals surface area (Å²) in [6.07, 6.45) is 2.34. The van der Waals surface area contributed by atoms with Gasteiger partial charge in [0, 0.05) is 40.2 Å². The molecule has 1 saturated heterocycles. The number of nitrogens with zero attached hydrogens (tertiary/aromatic N) is 2. The van der Waals surface area contributed by atoms with E-state index >= 15 is 0 Å². The van der Waals surface area contributed by atoms with Crippen molar-refractivity contribution in [2.45, 2.75) is 24.5 Å². The topological polar surface area (TPSA) is 56.5 Å². The fourth-order valence-electron chi connectivity index (χ4n) is 2.28. The standard InChI is InChI=1S/C11H17BrN2O3/c1-14-9(8(12)7-13-14)10(15)11(16-2)3-5-17-6-4-11/h7,10,15H,3-6H2,1-2H3. The number of methoxy groups -OCH3 is 1. The van der Waals surface area contributed by atoms with Crippen LogP contribution in [0.3, 0.4) is 0 Å². The molecule has 96 valence electrons. The highest BCUT2D eigenvalue weighted by Crippen LogP contribution is 2.39. The van der Waals surface area contributed by atoms with Gasteiger partial charge in [-0.2, -0.15) is 5.10 Å². The molecule has 0 saturated carbocycles. The summed E-state index contributed by atoms with van der Waals surface area (Å²) in [4.78, 5) is 0. The molecular formula is C11H17BrN2O3. The van der Waals surface area contributed by atoms with Gasteiger partial charge in [-0.15, -0.1) is 0 Å². The first-order valence-corrected chi connectivity index (χ1v) is 6.38. The van der Waals surface area contributed by atoms with Gasteiger partial charge >= 0.3 is 0 Å². The maximum Gasteiger partial charge on any atom is 0.126 e. The van der Waals surface area contributed by atoms with Crippen molar-refractivity contribution in [2.75, 3.05) is 20.3 Å². The van der Waals surface area contributed by atoms with Crippen LogP contribution in [0, 0.1) is 0 Å². The molecule has 1 aliphatic rings. The maximum absolute atomic E-state index is 10.6. The van der Waals surface area contributed by atoms with Crippen molar-refractivity contribution >= 4 is 15.9 Å². The predicted octanol–water partition coefficient (Wildman–Crippen LogP) is 1.41. The smallest absolute Gasteiger partial charge is 0.126 e. The van der Waals surface area contributed by atoms with Crippen LogP contribution in [-0.2, 0) is 16.5 Å². The zero-order valence-electron chi connectivity index (χ0n) is 10.0. The molecule has 1 aromatic rings. The van der Waals surface area contributed by atoms with Crippen LogP contribution in [0.1, 0.15) is 24.6 Å². The van der Waals surface area contributed by atoms with Gasteiger partial charge in [0.1, 0.15) is 11.7 Å². The Kier molecular flexibility index (Phi) is 3.87. The van der Waals surface area contributed by atoms with Crippen LogP contribution in [0.2, 0.25) is 0 Å². The molecule has 1 aliphatic heterocycles. The minimum atomic E-state index is -0.710. The number of ether oxygens (including phenoxy) is 2. The van der Waals surface area contributed by atoms with E-state index < -0.39 is 11.7 Å². The van der Waals surface area contributed by atoms with Gasteiger partial charge in [0.25, 0.3) is 0 Å². The van der Waals surface area contributed by atoms with E-state index in [-0.39, 0.29) is 0 Å². The molecule has 0 aromatic carbocycles. The summed E-state index contributed by atoms with van der Waals surface area (Å²) < 4.78 is 13.4. The van der Waals surface area contributed by atoms with Crippen molar-refractivity contribution in [1.29, 1.82) is 0 Å². The molecule has 6 heteroatoms. The molecule has 1 unspecified atom stereocenters. The Balaban J connectivity index is 2.31. The van der Waals surface area contributed by atoms with Gasteiger partial charge in [0.05, 0.1) is 16.4 Å². The third kappa shape index (κ3) is 2.27. The summed E-state index contributed by atoms with van der Waals surface area (Å²) in [6.45, 7) is 1.22. The van der Waals surface area contributed by atoms with Gasteiger partial charge in [-0.1, -0.05) is 0 Å². The van der Waals surface area contributed by atoms with Crippen molar-refractivity contribution in [2.24, 2.45) is 7.05 Å². The van der Waals surface area contributed by atoms with Crippen molar-refractivity contribution in [3.63, 3.8) is 0 Å². The summed E-state index contributed by atoms with van der Waals surface area (Å²) >= 11 is 3.41. The highest BCUT2D eigenvalue weighted by Gasteiger charge is 2.42. The highest BCUT2D eigenvalue weighted by molar-refractivity contribution is 9.10. The zero-order valence-corrected chi connectivity index (χ0v) is 11.6. The molecule has 0 radical (unpaired) electrons. The molecule has 2 rings (SSSR count). The van der Waals surface area contributed by atoms with E-state index in [1.807, 2.05) is 7.05 Å². The Labute approximate surface area is 109 Å². The largest absolute Gasteiger partial charge is 0.384 e. The van der Waals surface area contributed by atoms with E-state index in [2.05, 4.69) is 21.0 Å². The van der Waals surface area contributed by atoms with E-state index in [4.69, 9.17) is 9.47 Å². The molecular weight excluding hydrogens is 288 g/mol. The fourth-order valence-corrected chi connectivity index (χ4v) is 2.85. The maximum atomic E-state index is 10.6. The lowest BCUT2D eigenvalue weighted by atomic mass is 9.86. The number of halogens is 1. The van der Waals surface area contributed by atoms with E-state index in [9.17, 15) is 5.11 Å². The first kappa shape index (κ1) is 13.0. The lowest BCUT2D eigenvalue weighted by Gasteiger charge is -2.39. The number of rotatable bonds is 3. The van der Waals surface area contributed by atoms with Gasteiger partial charge in [-0.05, 0) is 15.9 Å². The highest BCUT2D eigenvalue weighted by atomic mass is 79.9. The van der Waals surface area contributed by atoms with Crippen LogP contribution >= 0.6 is 15.9 Å². The van der Waals surface area contributed by atoms with Crippen LogP contribution in [0.4, 0.5) is 0 Å². The van der Waals surface area contributed by atoms with Crippen LogP contribution in [0.5, 0.6) is 0 Å². The van der Waals surface area contributed by atoms with E-state index in [1.54, 1.807) is 18.0 Å². The zero-order chi connectivity index (χ0) is 12.5. The summed E-state index contributed by atoms with van der Waals surface area (Å²) in [5, 5.41) is 14.7. The van der Waals surface area contributed by atoms with Crippen LogP contribution in [-0.4, -0.2) is 40.8 Å². The minimum Gasteiger partial charge on any atom is -0.384 e. The van der Waals surface area contributed by atoms with Crippen LogP contribution in [0.25, 0.3) is 0 Å². The number of aliphatic hydroxyl groups is 1. The molecule has 1 fully saturated rings. The van der Waals surface area contributed by atoms with Crippen molar-refractivity contribution in [3.05, 3.63) is 16.4 Å². The Bertz CT molecular complexity index is 369. The monoisotopic (exact) mass is 304 g/mol. The second-order valence-corrected chi connectivity index (χ2v) is 5.14. The molecule has 0 amide bonds. The van der Waals surface area contributed by atoms with Gasteiger partial charge in [0.2, 0.25) is 0 Å². The number of hydrogen-bond donors (Lipinski definition) is 1. The molecule has 1 atom stereocenters. The lowest BCUT2D eigenvalue weighted by Crippen LogP contribution is -2.44. The molecule has 1 aromatic heterocycles. The molecule has 2 heterocycles. The molecule has 0 bridgehead atoms. The van der Waals surface area contributed by atoms with E-state index in [0.717, 1.165) is 10.2 Å². The Hall–Kier alpha value is -0.430. The number of aliphatic hydroxyl groups excluding tert-OH is 1. The van der Waals surface area contributed by atoms with Crippen molar-refractivity contribution in [1.82, 2.24) is 9.78 Å². The normalized spacial score (nSPS) is 21.4. The molecule has 1 N–H and O–H groups in total. The first-order valence-electron chi connectivity index (χ1n) is 5.59. The quantitative estimate of drug-likeness (QED) is 0.917. The molecule has 0 spiro atoms. The third-order valence-electron chi connectivity index (χ3n) is 3.44. The summed E-state index contributed by atoms with van der Waals surface area (Å²) in [5.74, 6) is 0. The van der Waals surface area contributed by atoms with Gasteiger partial charge in [-0.25, -0.2) is 0 Å². The Morgan fingerprint density at radius 2 is 2.24 bits per heavy atom. The summed E-state index contributed by atoms with van der Waals surface area (Å²) in [6, 6.07) is 0. The number of aromatic nitrogens is 2. The van der Waals surface area contributed by atoms with Gasteiger partial charge in [0.15, 0.2) is 0 Å². The van der Waals surface area contributed by atoms with Gasteiger partial charge in [-0.3, -0.25) is 4.68 Å². The summed E-state index contributed by atoms with van der Waals surface area (Å²) in [5.41, 5.74) is 0.169. The molecule has 17 heavy (non-hydrogen) atoms. The second kappa shape index (κ2) is 5.06. The van der Waals surface area contributed by atoms with Crippen LogP contribution in [0.15, 0.2) is 10.7 Å². The number of hydrogen-bond acceptors (Lipinski definition) is 4. The average molecular weight is 305 g/mol. The SMILES string of the molecule is COC1(C(O)c2c(Br)cnn2C)CCOCC1. The minimum absolute atomic E-state index is 0.575. The fraction of sp³-hybridized carbons (Fsp3) is 0.727. The lowest BCUT2D eigenvalue weighted by molar-refractivity contribution is -0.156. The van der Waals surface area contributed by atoms with Gasteiger partial charge < -0.3 is 14.6 Å². The Morgan fingerprint density at radius 1 is 1.59 bits per heavy atom. The first-order chi connectivity index (χ1) is 8.10.